The fraction of sp³-hybridized carbons (Fsp3) is 0.364. The van der Waals surface area contributed by atoms with Crippen LogP contribution in [0.3, 0.4) is 0 Å². The Balaban J connectivity index is 2.72. The second-order valence-corrected chi connectivity index (χ2v) is 3.18. The van der Waals surface area contributed by atoms with Gasteiger partial charge in [-0.2, -0.15) is 0 Å². The number of aryl methyl sites for hydroxylation is 1. The molecule has 0 aromatic heterocycles. The molecule has 0 aliphatic heterocycles. The van der Waals surface area contributed by atoms with Crippen molar-refractivity contribution in [1.82, 2.24) is 0 Å². The average molecular weight is 209 g/mol. The van der Waals surface area contributed by atoms with Crippen molar-refractivity contribution in [3.63, 3.8) is 0 Å². The number of rotatable bonds is 3. The topological polar surface area (TPSA) is 49.8 Å². The number of ether oxygens (including phenoxy) is 1. The first-order chi connectivity index (χ1) is 7.16. The second kappa shape index (κ2) is 5.36. The molecule has 0 aliphatic carbocycles. The minimum atomic E-state index is -0.460. The molecule has 0 heterocycles. The van der Waals surface area contributed by atoms with Gasteiger partial charge in [0.15, 0.2) is 0 Å². The summed E-state index contributed by atoms with van der Waals surface area (Å²) >= 11 is 0. The number of hydrogen-bond acceptors (Lipinski definition) is 3. The Labute approximate surface area is 89.1 Å². The molecule has 0 unspecified atom stereocenters. The summed E-state index contributed by atoms with van der Waals surface area (Å²) in [5, 5.41) is 8.53. The Kier molecular flexibility index (Phi) is 4.12. The van der Waals surface area contributed by atoms with Crippen LogP contribution in [0.1, 0.15) is 5.56 Å². The van der Waals surface area contributed by atoms with E-state index in [0.29, 0.717) is 0 Å². The SMILES string of the molecule is Cc1ccccc1N(C)C(=O)OCCO. The molecule has 0 saturated heterocycles. The molecule has 1 rings (SSSR count). The Hall–Kier alpha value is -1.55. The molecular formula is C11H15NO3. The summed E-state index contributed by atoms with van der Waals surface area (Å²) < 4.78 is 4.80. The summed E-state index contributed by atoms with van der Waals surface area (Å²) in [7, 11) is 1.64. The molecule has 15 heavy (non-hydrogen) atoms. The van der Waals surface area contributed by atoms with E-state index in [-0.39, 0.29) is 13.2 Å². The summed E-state index contributed by atoms with van der Waals surface area (Å²) in [6.07, 6.45) is -0.460. The van der Waals surface area contributed by atoms with Crippen LogP contribution in [0.15, 0.2) is 24.3 Å². The predicted octanol–water partition coefficient (Wildman–Crippen LogP) is 1.56. The molecule has 0 atom stereocenters. The van der Waals surface area contributed by atoms with E-state index in [4.69, 9.17) is 9.84 Å². The number of amides is 1. The molecule has 0 spiro atoms. The lowest BCUT2D eigenvalue weighted by atomic mass is 10.2. The molecule has 0 aliphatic rings. The van der Waals surface area contributed by atoms with Gasteiger partial charge >= 0.3 is 6.09 Å². The summed E-state index contributed by atoms with van der Waals surface area (Å²) in [5.41, 5.74) is 1.81. The van der Waals surface area contributed by atoms with Crippen LogP contribution in [-0.2, 0) is 4.74 Å². The minimum absolute atomic E-state index is 0.0229. The maximum atomic E-state index is 11.4. The smallest absolute Gasteiger partial charge is 0.414 e. The van der Waals surface area contributed by atoms with E-state index in [1.807, 2.05) is 31.2 Å². The summed E-state index contributed by atoms with van der Waals surface area (Å²) in [6, 6.07) is 7.53. The highest BCUT2D eigenvalue weighted by molar-refractivity contribution is 5.87. The first-order valence-corrected chi connectivity index (χ1v) is 4.73. The number of para-hydroxylation sites is 1. The molecule has 0 fully saturated rings. The van der Waals surface area contributed by atoms with Crippen molar-refractivity contribution in [2.45, 2.75) is 6.92 Å². The van der Waals surface area contributed by atoms with Crippen molar-refractivity contribution < 1.29 is 14.6 Å². The molecule has 4 nitrogen and oxygen atoms in total. The van der Waals surface area contributed by atoms with Gasteiger partial charge in [-0.1, -0.05) is 18.2 Å². The molecule has 0 radical (unpaired) electrons. The lowest BCUT2D eigenvalue weighted by Gasteiger charge is -2.18. The highest BCUT2D eigenvalue weighted by Gasteiger charge is 2.13. The van der Waals surface area contributed by atoms with Crippen LogP contribution in [0, 0.1) is 6.92 Å². The quantitative estimate of drug-likeness (QED) is 0.821. The summed E-state index contributed by atoms with van der Waals surface area (Å²) in [4.78, 5) is 12.9. The van der Waals surface area contributed by atoms with Gasteiger partial charge in [-0.15, -0.1) is 0 Å². The third-order valence-electron chi connectivity index (χ3n) is 2.07. The fourth-order valence-electron chi connectivity index (χ4n) is 1.27. The van der Waals surface area contributed by atoms with Gasteiger partial charge in [-0.3, -0.25) is 4.90 Å². The van der Waals surface area contributed by atoms with Crippen LogP contribution in [0.5, 0.6) is 0 Å². The number of nitrogens with zero attached hydrogens (tertiary/aromatic N) is 1. The Morgan fingerprint density at radius 3 is 2.73 bits per heavy atom. The third kappa shape index (κ3) is 2.95. The standard InChI is InChI=1S/C11H15NO3/c1-9-5-3-4-6-10(9)12(2)11(14)15-8-7-13/h3-6,13H,7-8H2,1-2H3. The van der Waals surface area contributed by atoms with E-state index in [9.17, 15) is 4.79 Å². The average Bonchev–Trinajstić information content (AvgIpc) is 2.25. The van der Waals surface area contributed by atoms with E-state index >= 15 is 0 Å². The lowest BCUT2D eigenvalue weighted by Crippen LogP contribution is -2.28. The fourth-order valence-corrected chi connectivity index (χ4v) is 1.27. The Bertz CT molecular complexity index is 338. The third-order valence-corrected chi connectivity index (χ3v) is 2.07. The van der Waals surface area contributed by atoms with Gasteiger partial charge in [0.05, 0.1) is 6.61 Å². The van der Waals surface area contributed by atoms with Crippen LogP contribution in [0.25, 0.3) is 0 Å². The molecule has 1 aromatic carbocycles. The lowest BCUT2D eigenvalue weighted by molar-refractivity contribution is 0.126. The van der Waals surface area contributed by atoms with Gasteiger partial charge in [-0.25, -0.2) is 4.79 Å². The largest absolute Gasteiger partial charge is 0.447 e. The normalized spacial score (nSPS) is 9.80. The second-order valence-electron chi connectivity index (χ2n) is 3.18. The molecule has 0 saturated carbocycles. The van der Waals surface area contributed by atoms with Crippen molar-refractivity contribution in [1.29, 1.82) is 0 Å². The van der Waals surface area contributed by atoms with Crippen molar-refractivity contribution in [2.75, 3.05) is 25.2 Å². The number of aliphatic hydroxyl groups is 1. The van der Waals surface area contributed by atoms with Crippen molar-refractivity contribution in [3.8, 4) is 0 Å². The zero-order valence-electron chi connectivity index (χ0n) is 8.93. The number of carbonyl (C=O) groups excluding carboxylic acids is 1. The van der Waals surface area contributed by atoms with Crippen LogP contribution >= 0.6 is 0 Å². The highest BCUT2D eigenvalue weighted by atomic mass is 16.6. The Morgan fingerprint density at radius 2 is 2.13 bits per heavy atom. The van der Waals surface area contributed by atoms with Crippen LogP contribution in [0.4, 0.5) is 10.5 Å². The molecule has 1 aromatic rings. The number of hydrogen-bond donors (Lipinski definition) is 1. The molecule has 1 N–H and O–H groups in total. The summed E-state index contributed by atoms with van der Waals surface area (Å²) in [5.74, 6) is 0. The monoisotopic (exact) mass is 209 g/mol. The number of carbonyl (C=O) groups is 1. The van der Waals surface area contributed by atoms with E-state index in [2.05, 4.69) is 0 Å². The number of aliphatic hydroxyl groups excluding tert-OH is 1. The van der Waals surface area contributed by atoms with Gasteiger partial charge in [0, 0.05) is 12.7 Å². The van der Waals surface area contributed by atoms with Gasteiger partial charge < -0.3 is 9.84 Å². The number of benzene rings is 1. The van der Waals surface area contributed by atoms with E-state index < -0.39 is 6.09 Å². The molecular weight excluding hydrogens is 194 g/mol. The molecule has 0 bridgehead atoms. The van der Waals surface area contributed by atoms with Gasteiger partial charge in [0.25, 0.3) is 0 Å². The highest BCUT2D eigenvalue weighted by Crippen LogP contribution is 2.18. The van der Waals surface area contributed by atoms with Gasteiger partial charge in [-0.05, 0) is 18.6 Å². The maximum absolute atomic E-state index is 11.4. The number of anilines is 1. The Morgan fingerprint density at radius 1 is 1.47 bits per heavy atom. The first-order valence-electron chi connectivity index (χ1n) is 4.73. The molecule has 82 valence electrons. The predicted molar refractivity (Wildman–Crippen MR) is 58.0 cm³/mol. The first kappa shape index (κ1) is 11.5. The van der Waals surface area contributed by atoms with Crippen LogP contribution < -0.4 is 4.90 Å². The van der Waals surface area contributed by atoms with E-state index in [0.717, 1.165) is 11.3 Å². The summed E-state index contributed by atoms with van der Waals surface area (Å²) in [6.45, 7) is 1.79. The van der Waals surface area contributed by atoms with Crippen molar-refractivity contribution >= 4 is 11.8 Å². The zero-order chi connectivity index (χ0) is 11.3. The minimum Gasteiger partial charge on any atom is -0.447 e. The van der Waals surface area contributed by atoms with Crippen LogP contribution in [0.2, 0.25) is 0 Å². The maximum Gasteiger partial charge on any atom is 0.414 e. The van der Waals surface area contributed by atoms with Gasteiger partial charge in [0.1, 0.15) is 6.61 Å². The van der Waals surface area contributed by atoms with Gasteiger partial charge in [0.2, 0.25) is 0 Å². The van der Waals surface area contributed by atoms with E-state index in [1.54, 1.807) is 7.05 Å². The molecule has 4 heteroatoms. The molecule has 1 amide bonds. The zero-order valence-corrected chi connectivity index (χ0v) is 8.93. The van der Waals surface area contributed by atoms with Crippen molar-refractivity contribution in [3.05, 3.63) is 29.8 Å². The van der Waals surface area contributed by atoms with Crippen molar-refractivity contribution in [2.24, 2.45) is 0 Å². The van der Waals surface area contributed by atoms with E-state index in [1.165, 1.54) is 4.90 Å². The van der Waals surface area contributed by atoms with Crippen LogP contribution in [-0.4, -0.2) is 31.5 Å².